The molecule has 0 saturated carbocycles. The topological polar surface area (TPSA) is 93.2 Å². The van der Waals surface area contributed by atoms with Crippen LogP contribution in [0.5, 0.6) is 0 Å². The molecular formula is C18H24N4O3. The van der Waals surface area contributed by atoms with Gasteiger partial charge in [-0.1, -0.05) is 20.8 Å². The number of nitrogens with zero attached hydrogens (tertiary/aromatic N) is 2. The van der Waals surface area contributed by atoms with E-state index in [0.29, 0.717) is 12.2 Å². The fraction of sp³-hybridized carbons (Fsp3) is 0.444. The monoisotopic (exact) mass is 344 g/mol. The number of carbonyl (C=O) groups excluding carboxylic acids is 2. The standard InChI is InChI=1S/C18H24N4O3/c1-5-25-17(24)22-15-13(16(23)20-10-8-18(2,3)4)11-12-7-6-9-19-14(12)21-15/h6-7,9,11H,5,8,10H2,1-4H3,(H,20,23)(H,19,21,22,24). The summed E-state index contributed by atoms with van der Waals surface area (Å²) in [7, 11) is 0. The van der Waals surface area contributed by atoms with Crippen LogP contribution in [-0.2, 0) is 4.74 Å². The third-order valence-corrected chi connectivity index (χ3v) is 3.49. The zero-order valence-electron chi connectivity index (χ0n) is 15.0. The molecule has 2 aromatic heterocycles. The van der Waals surface area contributed by atoms with Gasteiger partial charge >= 0.3 is 6.09 Å². The molecule has 2 aromatic rings. The van der Waals surface area contributed by atoms with E-state index in [4.69, 9.17) is 4.74 Å². The molecule has 0 aliphatic heterocycles. The molecule has 25 heavy (non-hydrogen) atoms. The van der Waals surface area contributed by atoms with Gasteiger partial charge in [0.15, 0.2) is 11.5 Å². The zero-order chi connectivity index (χ0) is 18.4. The van der Waals surface area contributed by atoms with Gasteiger partial charge in [-0.3, -0.25) is 10.1 Å². The van der Waals surface area contributed by atoms with Crippen molar-refractivity contribution in [2.75, 3.05) is 18.5 Å². The average Bonchev–Trinajstić information content (AvgIpc) is 2.53. The van der Waals surface area contributed by atoms with Crippen LogP contribution in [0, 0.1) is 5.41 Å². The lowest BCUT2D eigenvalue weighted by atomic mass is 9.92. The summed E-state index contributed by atoms with van der Waals surface area (Å²) in [5.41, 5.74) is 0.841. The van der Waals surface area contributed by atoms with E-state index in [9.17, 15) is 9.59 Å². The van der Waals surface area contributed by atoms with Crippen LogP contribution in [0.1, 0.15) is 44.5 Å². The maximum absolute atomic E-state index is 12.6. The Morgan fingerprint density at radius 3 is 2.72 bits per heavy atom. The van der Waals surface area contributed by atoms with Gasteiger partial charge in [0.05, 0.1) is 12.2 Å². The van der Waals surface area contributed by atoms with Crippen molar-refractivity contribution in [2.24, 2.45) is 5.41 Å². The van der Waals surface area contributed by atoms with Gasteiger partial charge in [-0.25, -0.2) is 14.8 Å². The van der Waals surface area contributed by atoms with Crippen molar-refractivity contribution >= 4 is 28.9 Å². The first-order valence-corrected chi connectivity index (χ1v) is 8.28. The molecule has 0 aliphatic carbocycles. The van der Waals surface area contributed by atoms with Gasteiger partial charge in [-0.15, -0.1) is 0 Å². The number of fused-ring (bicyclic) bond motifs is 1. The quantitative estimate of drug-likeness (QED) is 0.867. The highest BCUT2D eigenvalue weighted by atomic mass is 16.5. The van der Waals surface area contributed by atoms with Crippen molar-refractivity contribution < 1.29 is 14.3 Å². The molecule has 0 aliphatic rings. The highest BCUT2D eigenvalue weighted by Crippen LogP contribution is 2.20. The minimum atomic E-state index is -0.658. The van der Waals surface area contributed by atoms with E-state index >= 15 is 0 Å². The Labute approximate surface area is 147 Å². The molecule has 134 valence electrons. The molecule has 0 fully saturated rings. The van der Waals surface area contributed by atoms with Gasteiger partial charge in [0, 0.05) is 18.1 Å². The van der Waals surface area contributed by atoms with Crippen LogP contribution >= 0.6 is 0 Å². The number of hydrogen-bond donors (Lipinski definition) is 2. The maximum atomic E-state index is 12.6. The summed E-state index contributed by atoms with van der Waals surface area (Å²) in [6, 6.07) is 5.25. The summed E-state index contributed by atoms with van der Waals surface area (Å²) >= 11 is 0. The van der Waals surface area contributed by atoms with Crippen LogP contribution in [0.2, 0.25) is 0 Å². The van der Waals surface area contributed by atoms with Crippen LogP contribution in [0.25, 0.3) is 11.0 Å². The van der Waals surface area contributed by atoms with Crippen molar-refractivity contribution in [1.29, 1.82) is 0 Å². The molecule has 2 heterocycles. The number of nitrogens with one attached hydrogen (secondary N) is 2. The second kappa shape index (κ2) is 7.92. The van der Waals surface area contributed by atoms with E-state index in [1.54, 1.807) is 25.3 Å². The largest absolute Gasteiger partial charge is 0.450 e. The summed E-state index contributed by atoms with van der Waals surface area (Å²) in [6.45, 7) is 8.79. The molecule has 2 N–H and O–H groups in total. The lowest BCUT2D eigenvalue weighted by Crippen LogP contribution is -2.29. The second-order valence-corrected chi connectivity index (χ2v) is 6.85. The Morgan fingerprint density at radius 1 is 1.28 bits per heavy atom. The Morgan fingerprint density at radius 2 is 2.04 bits per heavy atom. The van der Waals surface area contributed by atoms with Crippen LogP contribution < -0.4 is 10.6 Å². The number of rotatable bonds is 5. The first-order valence-electron chi connectivity index (χ1n) is 8.28. The predicted molar refractivity (Wildman–Crippen MR) is 96.6 cm³/mol. The molecule has 0 unspecified atom stereocenters. The van der Waals surface area contributed by atoms with E-state index in [2.05, 4.69) is 41.4 Å². The summed E-state index contributed by atoms with van der Waals surface area (Å²) in [6.07, 6.45) is 1.78. The van der Waals surface area contributed by atoms with Crippen molar-refractivity contribution in [1.82, 2.24) is 15.3 Å². The lowest BCUT2D eigenvalue weighted by molar-refractivity contribution is 0.0950. The van der Waals surface area contributed by atoms with Crippen LogP contribution in [0.3, 0.4) is 0 Å². The Hall–Kier alpha value is -2.70. The summed E-state index contributed by atoms with van der Waals surface area (Å²) < 4.78 is 4.88. The SMILES string of the molecule is CCOC(=O)Nc1nc2ncccc2cc1C(=O)NCCC(C)(C)C. The van der Waals surface area contributed by atoms with E-state index in [0.717, 1.165) is 11.8 Å². The number of ether oxygens (including phenoxy) is 1. The summed E-state index contributed by atoms with van der Waals surface area (Å²) in [5, 5.41) is 6.11. The van der Waals surface area contributed by atoms with Gasteiger partial charge < -0.3 is 10.1 Å². The van der Waals surface area contributed by atoms with Crippen LogP contribution in [-0.4, -0.2) is 35.1 Å². The zero-order valence-corrected chi connectivity index (χ0v) is 15.0. The molecule has 2 amide bonds. The smallest absolute Gasteiger partial charge is 0.412 e. The Balaban J connectivity index is 2.28. The van der Waals surface area contributed by atoms with Gasteiger partial charge in [-0.05, 0) is 37.0 Å². The van der Waals surface area contributed by atoms with Gasteiger partial charge in [0.25, 0.3) is 5.91 Å². The van der Waals surface area contributed by atoms with E-state index in [1.807, 2.05) is 6.07 Å². The number of carbonyl (C=O) groups is 2. The third-order valence-electron chi connectivity index (χ3n) is 3.49. The van der Waals surface area contributed by atoms with E-state index in [-0.39, 0.29) is 29.3 Å². The average molecular weight is 344 g/mol. The Kier molecular flexibility index (Phi) is 5.90. The van der Waals surface area contributed by atoms with Crippen molar-refractivity contribution in [3.05, 3.63) is 30.0 Å². The minimum Gasteiger partial charge on any atom is -0.450 e. The molecule has 0 spiro atoms. The van der Waals surface area contributed by atoms with Crippen molar-refractivity contribution in [3.8, 4) is 0 Å². The van der Waals surface area contributed by atoms with Gasteiger partial charge in [0.2, 0.25) is 0 Å². The first kappa shape index (κ1) is 18.6. The number of aromatic nitrogens is 2. The molecule has 0 bridgehead atoms. The summed E-state index contributed by atoms with van der Waals surface area (Å²) in [5.74, 6) is -0.160. The van der Waals surface area contributed by atoms with Gasteiger partial charge in [0.1, 0.15) is 0 Å². The molecule has 0 atom stereocenters. The Bertz CT molecular complexity index is 768. The first-order chi connectivity index (χ1) is 11.8. The molecular weight excluding hydrogens is 320 g/mol. The lowest BCUT2D eigenvalue weighted by Gasteiger charge is -2.18. The van der Waals surface area contributed by atoms with E-state index < -0.39 is 6.09 Å². The fourth-order valence-corrected chi connectivity index (χ4v) is 2.18. The highest BCUT2D eigenvalue weighted by molar-refractivity contribution is 6.04. The highest BCUT2D eigenvalue weighted by Gasteiger charge is 2.18. The van der Waals surface area contributed by atoms with E-state index in [1.165, 1.54) is 0 Å². The normalized spacial score (nSPS) is 11.2. The second-order valence-electron chi connectivity index (χ2n) is 6.85. The minimum absolute atomic E-state index is 0.116. The molecule has 0 saturated heterocycles. The third kappa shape index (κ3) is 5.41. The van der Waals surface area contributed by atoms with Crippen LogP contribution in [0.15, 0.2) is 24.4 Å². The van der Waals surface area contributed by atoms with Crippen molar-refractivity contribution in [2.45, 2.75) is 34.1 Å². The molecule has 7 heteroatoms. The summed E-state index contributed by atoms with van der Waals surface area (Å²) in [4.78, 5) is 32.8. The fourth-order valence-electron chi connectivity index (χ4n) is 2.18. The number of pyridine rings is 2. The molecule has 0 aromatic carbocycles. The van der Waals surface area contributed by atoms with Crippen LogP contribution in [0.4, 0.5) is 10.6 Å². The number of hydrogen-bond acceptors (Lipinski definition) is 5. The number of amides is 2. The number of anilines is 1. The van der Waals surface area contributed by atoms with Gasteiger partial charge in [-0.2, -0.15) is 0 Å². The molecule has 2 rings (SSSR count). The maximum Gasteiger partial charge on any atom is 0.412 e. The molecule has 0 radical (unpaired) electrons. The predicted octanol–water partition coefficient (Wildman–Crippen LogP) is 3.36. The van der Waals surface area contributed by atoms with Crippen molar-refractivity contribution in [3.63, 3.8) is 0 Å². The molecule has 7 nitrogen and oxygen atoms in total.